The molecule has 5 nitrogen and oxygen atoms in total. The summed E-state index contributed by atoms with van der Waals surface area (Å²) in [5, 5.41) is 1.14. The van der Waals surface area contributed by atoms with Gasteiger partial charge in [-0.3, -0.25) is 4.79 Å². The number of carbonyl (C=O) groups excluding carboxylic acids is 1. The number of hydrogen-bond donors (Lipinski definition) is 0. The Balaban J connectivity index is 1.43. The van der Waals surface area contributed by atoms with Crippen molar-refractivity contribution in [2.24, 2.45) is 5.92 Å². The first-order chi connectivity index (χ1) is 14.5. The molecule has 2 atom stereocenters. The highest BCUT2D eigenvalue weighted by atomic mass is 31.1. The fourth-order valence-electron chi connectivity index (χ4n) is 4.75. The van der Waals surface area contributed by atoms with Gasteiger partial charge in [-0.25, -0.2) is 4.98 Å². The minimum absolute atomic E-state index is 0.100. The van der Waals surface area contributed by atoms with Gasteiger partial charge in [-0.05, 0) is 80.3 Å². The Bertz CT molecular complexity index is 1090. The molecule has 1 fully saturated rings. The van der Waals surface area contributed by atoms with Gasteiger partial charge in [0.15, 0.2) is 0 Å². The van der Waals surface area contributed by atoms with Crippen molar-refractivity contribution in [2.75, 3.05) is 20.1 Å². The summed E-state index contributed by atoms with van der Waals surface area (Å²) in [6.45, 7) is 6.45. The third kappa shape index (κ3) is 3.55. The Morgan fingerprint density at radius 1 is 1.23 bits per heavy atom. The van der Waals surface area contributed by atoms with Crippen molar-refractivity contribution in [3.8, 4) is 0 Å². The zero-order chi connectivity index (χ0) is 20.8. The third-order valence-corrected chi connectivity index (χ3v) is 8.02. The maximum absolute atomic E-state index is 13.1. The first-order valence-corrected chi connectivity index (χ1v) is 12.0. The van der Waals surface area contributed by atoms with Gasteiger partial charge >= 0.3 is 0 Å². The Labute approximate surface area is 179 Å². The van der Waals surface area contributed by atoms with Gasteiger partial charge in [0.25, 0.3) is 5.91 Å². The molecule has 1 saturated heterocycles. The molecule has 1 amide bonds. The number of aryl methyl sites for hydroxylation is 2. The predicted molar refractivity (Wildman–Crippen MR) is 124 cm³/mol. The van der Waals surface area contributed by atoms with Crippen LogP contribution in [0.5, 0.6) is 0 Å². The first kappa shape index (κ1) is 19.7. The van der Waals surface area contributed by atoms with Crippen LogP contribution >= 0.6 is 8.58 Å². The van der Waals surface area contributed by atoms with Gasteiger partial charge < -0.3 is 14.2 Å². The summed E-state index contributed by atoms with van der Waals surface area (Å²) < 4.78 is 2.11. The lowest BCUT2D eigenvalue weighted by molar-refractivity contribution is -0.123. The van der Waals surface area contributed by atoms with Gasteiger partial charge in [-0.15, -0.1) is 0 Å². The SMILES string of the molecule is CCc1cc(C2=CC(=O)N3C=C(C4CCN(C)CC4)C=CC3P2)cn2cc(C)nc12. The lowest BCUT2D eigenvalue weighted by atomic mass is 9.88. The third-order valence-electron chi connectivity index (χ3n) is 6.51. The molecule has 3 aliphatic heterocycles. The smallest absolute Gasteiger partial charge is 0.252 e. The molecule has 2 unspecified atom stereocenters. The molecule has 0 spiro atoms. The molecule has 3 aliphatic rings. The van der Waals surface area contributed by atoms with Crippen LogP contribution in [-0.2, 0) is 11.2 Å². The number of carbonyl (C=O) groups is 1. The van der Waals surface area contributed by atoms with Crippen LogP contribution in [0.1, 0.15) is 36.6 Å². The molecule has 2 aromatic heterocycles. The highest BCUT2D eigenvalue weighted by Gasteiger charge is 2.31. The maximum atomic E-state index is 13.1. The van der Waals surface area contributed by atoms with E-state index in [9.17, 15) is 4.79 Å². The van der Waals surface area contributed by atoms with E-state index in [1.165, 1.54) is 24.0 Å². The molecular formula is C24H29N4OP. The van der Waals surface area contributed by atoms with Crippen LogP contribution in [0.25, 0.3) is 11.0 Å². The molecular weight excluding hydrogens is 391 g/mol. The van der Waals surface area contributed by atoms with Crippen molar-refractivity contribution in [2.45, 2.75) is 38.9 Å². The van der Waals surface area contributed by atoms with Crippen LogP contribution in [0.3, 0.4) is 0 Å². The zero-order valence-corrected chi connectivity index (χ0v) is 18.9. The Morgan fingerprint density at radius 3 is 2.80 bits per heavy atom. The molecule has 0 aromatic carbocycles. The number of likely N-dealkylation sites (tertiary alicyclic amines) is 1. The Kier molecular flexibility index (Phi) is 5.12. The molecule has 0 aliphatic carbocycles. The van der Waals surface area contributed by atoms with Crippen molar-refractivity contribution >= 4 is 25.4 Å². The number of imidazole rings is 1. The molecule has 30 heavy (non-hydrogen) atoms. The number of fused-ring (bicyclic) bond motifs is 2. The predicted octanol–water partition coefficient (Wildman–Crippen LogP) is 4.19. The van der Waals surface area contributed by atoms with Crippen molar-refractivity contribution in [3.05, 3.63) is 65.3 Å². The molecule has 0 bridgehead atoms. The normalized spacial score (nSPS) is 23.8. The average Bonchev–Trinajstić information content (AvgIpc) is 3.13. The van der Waals surface area contributed by atoms with Gasteiger partial charge in [-0.1, -0.05) is 27.7 Å². The quantitative estimate of drug-likeness (QED) is 0.700. The topological polar surface area (TPSA) is 40.9 Å². The highest BCUT2D eigenvalue weighted by molar-refractivity contribution is 7.51. The van der Waals surface area contributed by atoms with Crippen molar-refractivity contribution < 1.29 is 4.79 Å². The van der Waals surface area contributed by atoms with E-state index in [2.05, 4.69) is 65.1 Å². The van der Waals surface area contributed by atoms with E-state index < -0.39 is 0 Å². The zero-order valence-electron chi connectivity index (χ0n) is 17.9. The number of aromatic nitrogens is 2. The average molecular weight is 420 g/mol. The van der Waals surface area contributed by atoms with E-state index in [-0.39, 0.29) is 11.7 Å². The van der Waals surface area contributed by atoms with E-state index in [0.717, 1.165) is 41.7 Å². The van der Waals surface area contributed by atoms with Crippen molar-refractivity contribution in [1.82, 2.24) is 19.2 Å². The molecule has 5 heterocycles. The van der Waals surface area contributed by atoms with E-state index in [4.69, 9.17) is 0 Å². The number of hydrogen-bond acceptors (Lipinski definition) is 3. The van der Waals surface area contributed by atoms with Crippen LogP contribution in [-0.4, -0.2) is 51.0 Å². The molecule has 0 N–H and O–H groups in total. The van der Waals surface area contributed by atoms with Crippen LogP contribution in [0, 0.1) is 12.8 Å². The molecule has 5 rings (SSSR count). The molecule has 6 heteroatoms. The fraction of sp³-hybridized carbons (Fsp3) is 0.417. The van der Waals surface area contributed by atoms with Crippen LogP contribution in [0.4, 0.5) is 0 Å². The second kappa shape index (κ2) is 7.79. The van der Waals surface area contributed by atoms with E-state index in [1.54, 1.807) is 0 Å². The second-order valence-electron chi connectivity index (χ2n) is 8.68. The minimum Gasteiger partial charge on any atom is -0.306 e. The largest absolute Gasteiger partial charge is 0.306 e. The summed E-state index contributed by atoms with van der Waals surface area (Å²) in [4.78, 5) is 22.1. The number of pyridine rings is 1. The summed E-state index contributed by atoms with van der Waals surface area (Å²) in [6.07, 6.45) is 16.0. The van der Waals surface area contributed by atoms with Gasteiger partial charge in [-0.2, -0.15) is 0 Å². The highest BCUT2D eigenvalue weighted by Crippen LogP contribution is 2.45. The lowest BCUT2D eigenvalue weighted by Crippen LogP contribution is -2.37. The maximum Gasteiger partial charge on any atom is 0.252 e. The Hall–Kier alpha value is -2.23. The number of amides is 1. The Morgan fingerprint density at radius 2 is 2.03 bits per heavy atom. The molecule has 0 saturated carbocycles. The molecule has 2 aromatic rings. The van der Waals surface area contributed by atoms with Crippen molar-refractivity contribution in [1.29, 1.82) is 0 Å². The lowest BCUT2D eigenvalue weighted by Gasteiger charge is -2.37. The van der Waals surface area contributed by atoms with Crippen LogP contribution in [0.2, 0.25) is 0 Å². The van der Waals surface area contributed by atoms with Gasteiger partial charge in [0, 0.05) is 24.7 Å². The number of allylic oxidation sites excluding steroid dienone is 2. The van der Waals surface area contributed by atoms with Crippen molar-refractivity contribution in [3.63, 3.8) is 0 Å². The first-order valence-electron chi connectivity index (χ1n) is 10.9. The van der Waals surface area contributed by atoms with Gasteiger partial charge in [0.1, 0.15) is 5.65 Å². The van der Waals surface area contributed by atoms with E-state index in [0.29, 0.717) is 14.5 Å². The number of piperidine rings is 1. The number of rotatable bonds is 3. The summed E-state index contributed by atoms with van der Waals surface area (Å²) in [5.41, 5.74) is 5.73. The molecule has 156 valence electrons. The summed E-state index contributed by atoms with van der Waals surface area (Å²) in [5.74, 6) is 0.806. The second-order valence-corrected chi connectivity index (χ2v) is 10.1. The standard InChI is InChI=1S/C24H29N4OP/c1-4-17-11-20(14-27-13-16(2)25-24(17)27)21-12-22(29)28-15-19(5-6-23(28)30-21)18-7-9-26(3)10-8-18/h5-6,11-15,18,23,30H,4,7-10H2,1-3H3. The van der Waals surface area contributed by atoms with Crippen LogP contribution < -0.4 is 0 Å². The summed E-state index contributed by atoms with van der Waals surface area (Å²) in [6, 6.07) is 2.22. The van der Waals surface area contributed by atoms with E-state index >= 15 is 0 Å². The minimum atomic E-state index is 0.100. The number of nitrogens with zero attached hydrogens (tertiary/aromatic N) is 4. The van der Waals surface area contributed by atoms with Crippen LogP contribution in [0.15, 0.2) is 48.5 Å². The monoisotopic (exact) mass is 420 g/mol. The summed E-state index contributed by atoms with van der Waals surface area (Å²) >= 11 is 0. The van der Waals surface area contributed by atoms with Gasteiger partial charge in [0.05, 0.1) is 11.5 Å². The molecule has 0 radical (unpaired) electrons. The van der Waals surface area contributed by atoms with E-state index in [1.807, 2.05) is 17.9 Å². The fourth-order valence-corrected chi connectivity index (χ4v) is 6.11. The summed E-state index contributed by atoms with van der Waals surface area (Å²) in [7, 11) is 2.73. The van der Waals surface area contributed by atoms with Gasteiger partial charge in [0.2, 0.25) is 0 Å².